The second-order valence-corrected chi connectivity index (χ2v) is 5.75. The molecule has 0 heterocycles. The first-order chi connectivity index (χ1) is 10.4. The van der Waals surface area contributed by atoms with Gasteiger partial charge in [-0.3, -0.25) is 4.79 Å². The monoisotopic (exact) mass is 297 g/mol. The molecule has 0 radical (unpaired) electrons. The number of nitrogens with two attached hydrogens (primary N) is 1. The van der Waals surface area contributed by atoms with E-state index in [-0.39, 0.29) is 11.7 Å². The minimum absolute atomic E-state index is 0.00486. The van der Waals surface area contributed by atoms with Crippen molar-refractivity contribution in [1.82, 2.24) is 0 Å². The first-order valence-corrected chi connectivity index (χ1v) is 7.61. The van der Waals surface area contributed by atoms with Crippen molar-refractivity contribution >= 4 is 11.5 Å². The molecule has 3 nitrogen and oxygen atoms in total. The first kappa shape index (κ1) is 16.1. The summed E-state index contributed by atoms with van der Waals surface area (Å²) < 4.78 is 5.71. The molecule has 0 unspecified atom stereocenters. The van der Waals surface area contributed by atoms with Crippen LogP contribution in [0.3, 0.4) is 0 Å². The van der Waals surface area contributed by atoms with Crippen molar-refractivity contribution in [3.8, 4) is 5.75 Å². The van der Waals surface area contributed by atoms with Crippen molar-refractivity contribution < 1.29 is 9.53 Å². The summed E-state index contributed by atoms with van der Waals surface area (Å²) in [7, 11) is 0. The second-order valence-electron chi connectivity index (χ2n) is 5.75. The van der Waals surface area contributed by atoms with Crippen molar-refractivity contribution in [2.24, 2.45) is 0 Å². The number of benzene rings is 2. The zero-order valence-electron chi connectivity index (χ0n) is 13.6. The van der Waals surface area contributed by atoms with Crippen LogP contribution in [0.4, 0.5) is 5.69 Å². The Morgan fingerprint density at radius 1 is 1.23 bits per heavy atom. The molecule has 0 saturated heterocycles. The number of hydrogen-bond acceptors (Lipinski definition) is 3. The molecule has 0 spiro atoms. The Kier molecular flexibility index (Phi) is 4.86. The van der Waals surface area contributed by atoms with E-state index in [2.05, 4.69) is 13.8 Å². The molecule has 0 bridgehead atoms. The molecule has 0 atom stereocenters. The maximum atomic E-state index is 12.8. The highest BCUT2D eigenvalue weighted by atomic mass is 16.5. The van der Waals surface area contributed by atoms with E-state index in [4.69, 9.17) is 10.5 Å². The summed E-state index contributed by atoms with van der Waals surface area (Å²) in [5.74, 6) is 1.14. The fraction of sp³-hybridized carbons (Fsp3) is 0.316. The lowest BCUT2D eigenvalue weighted by atomic mass is 9.92. The standard InChI is InChI=1S/C19H23NO2/c1-5-22-18-9-13(4)17(11-16(18)12(2)3)19(21)14-7-6-8-15(20)10-14/h6-12H,5,20H2,1-4H3. The number of ether oxygens (including phenoxy) is 1. The van der Waals surface area contributed by atoms with Gasteiger partial charge in [-0.15, -0.1) is 0 Å². The van der Waals surface area contributed by atoms with Gasteiger partial charge in [0, 0.05) is 16.8 Å². The summed E-state index contributed by atoms with van der Waals surface area (Å²) in [6.45, 7) is 8.71. The molecule has 116 valence electrons. The van der Waals surface area contributed by atoms with Gasteiger partial charge in [0.15, 0.2) is 5.78 Å². The van der Waals surface area contributed by atoms with E-state index in [1.807, 2.05) is 26.0 Å². The Labute approximate surface area is 132 Å². The van der Waals surface area contributed by atoms with E-state index >= 15 is 0 Å². The summed E-state index contributed by atoms with van der Waals surface area (Å²) in [5, 5.41) is 0. The molecular weight excluding hydrogens is 274 g/mol. The summed E-state index contributed by atoms with van der Waals surface area (Å²) in [6, 6.07) is 11.0. The van der Waals surface area contributed by atoms with Gasteiger partial charge in [0.25, 0.3) is 0 Å². The lowest BCUT2D eigenvalue weighted by Crippen LogP contribution is -2.08. The summed E-state index contributed by atoms with van der Waals surface area (Å²) >= 11 is 0. The first-order valence-electron chi connectivity index (χ1n) is 7.61. The molecule has 0 fully saturated rings. The van der Waals surface area contributed by atoms with Gasteiger partial charge in [0.2, 0.25) is 0 Å². The SMILES string of the molecule is CCOc1cc(C)c(C(=O)c2cccc(N)c2)cc1C(C)C. The summed E-state index contributed by atoms with van der Waals surface area (Å²) in [6.07, 6.45) is 0. The quantitative estimate of drug-likeness (QED) is 0.660. The topological polar surface area (TPSA) is 52.3 Å². The lowest BCUT2D eigenvalue weighted by molar-refractivity contribution is 0.103. The molecule has 0 aliphatic heterocycles. The van der Waals surface area contributed by atoms with Gasteiger partial charge in [-0.1, -0.05) is 26.0 Å². The summed E-state index contributed by atoms with van der Waals surface area (Å²) in [5.41, 5.74) is 9.67. The van der Waals surface area contributed by atoms with Crippen LogP contribution < -0.4 is 10.5 Å². The molecule has 2 aromatic rings. The van der Waals surface area contributed by atoms with E-state index in [0.29, 0.717) is 23.4 Å². The third-order valence-corrected chi connectivity index (χ3v) is 3.67. The van der Waals surface area contributed by atoms with E-state index in [1.165, 1.54) is 0 Å². The highest BCUT2D eigenvalue weighted by Gasteiger charge is 2.17. The maximum Gasteiger partial charge on any atom is 0.193 e. The zero-order valence-corrected chi connectivity index (χ0v) is 13.6. The molecule has 0 amide bonds. The number of rotatable bonds is 5. The van der Waals surface area contributed by atoms with Crippen molar-refractivity contribution in [3.63, 3.8) is 0 Å². The predicted molar refractivity (Wildman–Crippen MR) is 90.7 cm³/mol. The fourth-order valence-corrected chi connectivity index (χ4v) is 2.51. The number of anilines is 1. The van der Waals surface area contributed by atoms with Crippen LogP contribution in [-0.2, 0) is 0 Å². The van der Waals surface area contributed by atoms with Crippen LogP contribution in [-0.4, -0.2) is 12.4 Å². The number of ketones is 1. The number of carbonyl (C=O) groups excluding carboxylic acids is 1. The predicted octanol–water partition coefficient (Wildman–Crippen LogP) is 4.33. The Hall–Kier alpha value is -2.29. The van der Waals surface area contributed by atoms with E-state index in [9.17, 15) is 4.79 Å². The van der Waals surface area contributed by atoms with Crippen LogP contribution in [0.15, 0.2) is 36.4 Å². The third kappa shape index (κ3) is 3.30. The van der Waals surface area contributed by atoms with Gasteiger partial charge in [0.05, 0.1) is 6.61 Å². The van der Waals surface area contributed by atoms with Crippen LogP contribution in [0.5, 0.6) is 5.75 Å². The molecule has 2 N–H and O–H groups in total. The lowest BCUT2D eigenvalue weighted by Gasteiger charge is -2.17. The Morgan fingerprint density at radius 3 is 2.55 bits per heavy atom. The highest BCUT2D eigenvalue weighted by molar-refractivity contribution is 6.10. The average molecular weight is 297 g/mol. The Bertz CT molecular complexity index is 690. The Balaban J connectivity index is 2.51. The third-order valence-electron chi connectivity index (χ3n) is 3.67. The van der Waals surface area contributed by atoms with E-state index < -0.39 is 0 Å². The summed E-state index contributed by atoms with van der Waals surface area (Å²) in [4.78, 5) is 12.8. The van der Waals surface area contributed by atoms with Gasteiger partial charge >= 0.3 is 0 Å². The molecule has 22 heavy (non-hydrogen) atoms. The second kappa shape index (κ2) is 6.65. The zero-order chi connectivity index (χ0) is 16.3. The molecule has 0 aromatic heterocycles. The van der Waals surface area contributed by atoms with Crippen molar-refractivity contribution in [3.05, 3.63) is 58.7 Å². The molecule has 0 aliphatic carbocycles. The van der Waals surface area contributed by atoms with Crippen LogP contribution in [0, 0.1) is 6.92 Å². The molecular formula is C19H23NO2. The largest absolute Gasteiger partial charge is 0.494 e. The molecule has 0 saturated carbocycles. The van der Waals surface area contributed by atoms with Gasteiger partial charge in [0.1, 0.15) is 5.75 Å². The normalized spacial score (nSPS) is 10.8. The van der Waals surface area contributed by atoms with Gasteiger partial charge < -0.3 is 10.5 Å². The fourth-order valence-electron chi connectivity index (χ4n) is 2.51. The number of carbonyl (C=O) groups is 1. The Morgan fingerprint density at radius 2 is 1.95 bits per heavy atom. The van der Waals surface area contributed by atoms with Crippen molar-refractivity contribution in [2.45, 2.75) is 33.6 Å². The van der Waals surface area contributed by atoms with Gasteiger partial charge in [-0.2, -0.15) is 0 Å². The van der Waals surface area contributed by atoms with Crippen LogP contribution >= 0.6 is 0 Å². The number of nitrogen functional groups attached to an aromatic ring is 1. The highest BCUT2D eigenvalue weighted by Crippen LogP contribution is 2.31. The smallest absolute Gasteiger partial charge is 0.193 e. The molecule has 2 rings (SSSR count). The molecule has 3 heteroatoms. The van der Waals surface area contributed by atoms with Gasteiger partial charge in [-0.25, -0.2) is 0 Å². The number of hydrogen-bond donors (Lipinski definition) is 1. The van der Waals surface area contributed by atoms with Crippen LogP contribution in [0.2, 0.25) is 0 Å². The van der Waals surface area contributed by atoms with Crippen LogP contribution in [0.25, 0.3) is 0 Å². The molecule has 2 aromatic carbocycles. The average Bonchev–Trinajstić information content (AvgIpc) is 2.46. The minimum Gasteiger partial charge on any atom is -0.494 e. The maximum absolute atomic E-state index is 12.8. The molecule has 0 aliphatic rings. The number of aryl methyl sites for hydroxylation is 1. The minimum atomic E-state index is -0.00486. The van der Waals surface area contributed by atoms with Gasteiger partial charge in [-0.05, 0) is 55.2 Å². The van der Waals surface area contributed by atoms with Crippen LogP contribution in [0.1, 0.15) is 53.7 Å². The van der Waals surface area contributed by atoms with Crippen molar-refractivity contribution in [1.29, 1.82) is 0 Å². The van der Waals surface area contributed by atoms with E-state index in [0.717, 1.165) is 16.9 Å². The van der Waals surface area contributed by atoms with E-state index in [1.54, 1.807) is 24.3 Å². The van der Waals surface area contributed by atoms with Crippen molar-refractivity contribution in [2.75, 3.05) is 12.3 Å².